The molecule has 2 aliphatic heterocycles. The van der Waals surface area contributed by atoms with E-state index in [4.69, 9.17) is 0 Å². The van der Waals surface area contributed by atoms with Gasteiger partial charge in [-0.2, -0.15) is 15.2 Å². The Morgan fingerprint density at radius 1 is 1.07 bits per heavy atom. The molecule has 0 aliphatic carbocycles. The van der Waals surface area contributed by atoms with Crippen molar-refractivity contribution in [1.29, 1.82) is 0 Å². The molecule has 29 heavy (non-hydrogen) atoms. The third kappa shape index (κ3) is 2.79. The number of carbonyl (C=O) groups is 2. The molecule has 0 radical (unpaired) electrons. The van der Waals surface area contributed by atoms with Crippen molar-refractivity contribution in [3.05, 3.63) is 77.4 Å². The van der Waals surface area contributed by atoms with Crippen molar-refractivity contribution in [2.45, 2.75) is 32.7 Å². The van der Waals surface area contributed by atoms with Crippen LogP contribution in [0.25, 0.3) is 0 Å². The smallest absolute Gasteiger partial charge is 0.269 e. The summed E-state index contributed by atoms with van der Waals surface area (Å²) >= 11 is 0. The number of fused-ring (bicyclic) bond motifs is 2. The largest absolute Gasteiger partial charge is 0.286 e. The highest BCUT2D eigenvalue weighted by atomic mass is 16.2. The Bertz CT molecular complexity index is 1070. The highest BCUT2D eigenvalue weighted by Gasteiger charge is 2.59. The Hall–Kier alpha value is -3.54. The molecule has 6 heteroatoms. The first kappa shape index (κ1) is 18.8. The van der Waals surface area contributed by atoms with Crippen molar-refractivity contribution in [3.63, 3.8) is 0 Å². The Morgan fingerprint density at radius 2 is 1.76 bits per heavy atom. The minimum absolute atomic E-state index is 0.305. The van der Waals surface area contributed by atoms with E-state index in [-0.39, 0.29) is 11.8 Å². The van der Waals surface area contributed by atoms with Gasteiger partial charge in [0.2, 0.25) is 5.54 Å². The number of allylic oxidation sites excluding steroid dienone is 1. The Morgan fingerprint density at radius 3 is 2.45 bits per heavy atom. The molecule has 2 heterocycles. The van der Waals surface area contributed by atoms with E-state index in [1.807, 2.05) is 75.4 Å². The zero-order valence-electron chi connectivity index (χ0n) is 16.7. The third-order valence-electron chi connectivity index (χ3n) is 5.08. The third-order valence-corrected chi connectivity index (χ3v) is 5.08. The highest BCUT2D eigenvalue weighted by Crippen LogP contribution is 2.43. The first-order valence-corrected chi connectivity index (χ1v) is 9.60. The van der Waals surface area contributed by atoms with Gasteiger partial charge in [-0.1, -0.05) is 55.0 Å². The SMILES string of the molecule is CCC1=NN(c2ccccc2)C(=O)C12c1ccccc1C=NN2C(=O)C=C(C)C. The number of para-hydroxylation sites is 1. The van der Waals surface area contributed by atoms with Gasteiger partial charge in [0.1, 0.15) is 0 Å². The molecule has 0 fully saturated rings. The van der Waals surface area contributed by atoms with Crippen molar-refractivity contribution in [1.82, 2.24) is 5.01 Å². The molecule has 1 unspecified atom stereocenters. The van der Waals surface area contributed by atoms with Crippen molar-refractivity contribution in [2.75, 3.05) is 5.01 Å². The fourth-order valence-corrected chi connectivity index (χ4v) is 3.86. The molecule has 1 atom stereocenters. The van der Waals surface area contributed by atoms with E-state index in [2.05, 4.69) is 10.2 Å². The maximum absolute atomic E-state index is 13.9. The quantitative estimate of drug-likeness (QED) is 0.753. The topological polar surface area (TPSA) is 65.3 Å². The van der Waals surface area contributed by atoms with Gasteiger partial charge >= 0.3 is 0 Å². The lowest BCUT2D eigenvalue weighted by Gasteiger charge is -2.39. The number of anilines is 1. The van der Waals surface area contributed by atoms with Crippen LogP contribution in [0.2, 0.25) is 0 Å². The minimum atomic E-state index is -1.39. The number of hydrazone groups is 2. The van der Waals surface area contributed by atoms with Gasteiger partial charge in [0.15, 0.2) is 0 Å². The molecular weight excluding hydrogens is 364 g/mol. The van der Waals surface area contributed by atoms with Crippen LogP contribution in [0.4, 0.5) is 5.69 Å². The maximum atomic E-state index is 13.9. The Balaban J connectivity index is 1.96. The van der Waals surface area contributed by atoms with Crippen LogP contribution in [0.15, 0.2) is 76.4 Å². The van der Waals surface area contributed by atoms with E-state index in [9.17, 15) is 9.59 Å². The number of hydrogen-bond donors (Lipinski definition) is 0. The van der Waals surface area contributed by atoms with Crippen LogP contribution in [0.3, 0.4) is 0 Å². The standard InChI is InChI=1S/C23H22N4O2/c1-4-20-23(22(29)26(25-20)18-11-6-5-7-12-18)19-13-9-8-10-17(19)15-24-27(23)21(28)14-16(2)3/h5-15H,4H2,1-3H3. The zero-order chi connectivity index (χ0) is 20.6. The molecule has 146 valence electrons. The fourth-order valence-electron chi connectivity index (χ4n) is 3.86. The van der Waals surface area contributed by atoms with Crippen LogP contribution in [0, 0.1) is 0 Å². The molecule has 0 saturated carbocycles. The Kier molecular flexibility index (Phi) is 4.62. The summed E-state index contributed by atoms with van der Waals surface area (Å²) in [6, 6.07) is 16.8. The minimum Gasteiger partial charge on any atom is -0.269 e. The van der Waals surface area contributed by atoms with Crippen LogP contribution < -0.4 is 5.01 Å². The van der Waals surface area contributed by atoms with Crippen LogP contribution >= 0.6 is 0 Å². The van der Waals surface area contributed by atoms with Crippen LogP contribution in [0.1, 0.15) is 38.3 Å². The monoisotopic (exact) mass is 386 g/mol. The number of benzene rings is 2. The lowest BCUT2D eigenvalue weighted by molar-refractivity contribution is -0.139. The molecule has 0 N–H and O–H groups in total. The second-order valence-electron chi connectivity index (χ2n) is 7.27. The molecule has 0 saturated heterocycles. The van der Waals surface area contributed by atoms with Crippen LogP contribution in [-0.2, 0) is 15.1 Å². The zero-order valence-corrected chi connectivity index (χ0v) is 16.7. The molecular formula is C23H22N4O2. The predicted octanol–water partition coefficient (Wildman–Crippen LogP) is 3.84. The van der Waals surface area contributed by atoms with Gasteiger partial charge in [0.05, 0.1) is 17.6 Å². The molecule has 2 amide bonds. The van der Waals surface area contributed by atoms with Crippen molar-refractivity contribution < 1.29 is 9.59 Å². The molecule has 0 aromatic heterocycles. The molecule has 2 aliphatic rings. The van der Waals surface area contributed by atoms with Gasteiger partial charge in [-0.3, -0.25) is 9.59 Å². The van der Waals surface area contributed by atoms with Gasteiger partial charge in [-0.05, 0) is 32.4 Å². The molecule has 2 aromatic rings. The normalized spacial score (nSPS) is 20.0. The summed E-state index contributed by atoms with van der Waals surface area (Å²) in [5.41, 5.74) is 2.21. The number of hydrogen-bond acceptors (Lipinski definition) is 4. The van der Waals surface area contributed by atoms with Crippen molar-refractivity contribution >= 4 is 29.4 Å². The van der Waals surface area contributed by atoms with E-state index < -0.39 is 5.54 Å². The first-order valence-electron chi connectivity index (χ1n) is 9.60. The van der Waals surface area contributed by atoms with Gasteiger partial charge in [0, 0.05) is 17.2 Å². The maximum Gasteiger partial charge on any atom is 0.286 e. The van der Waals surface area contributed by atoms with Crippen molar-refractivity contribution in [2.24, 2.45) is 10.2 Å². The molecule has 2 aromatic carbocycles. The second-order valence-corrected chi connectivity index (χ2v) is 7.27. The molecule has 1 spiro atoms. The van der Waals surface area contributed by atoms with Crippen LogP contribution in [0.5, 0.6) is 0 Å². The van der Waals surface area contributed by atoms with Gasteiger partial charge < -0.3 is 0 Å². The highest BCUT2D eigenvalue weighted by molar-refractivity contribution is 6.26. The summed E-state index contributed by atoms with van der Waals surface area (Å²) < 4.78 is 0. The van der Waals surface area contributed by atoms with Gasteiger partial charge in [-0.25, -0.2) is 5.01 Å². The number of carbonyl (C=O) groups excluding carboxylic acids is 2. The fraction of sp³-hybridized carbons (Fsp3) is 0.217. The van der Waals surface area contributed by atoms with Crippen molar-refractivity contribution in [3.8, 4) is 0 Å². The van der Waals surface area contributed by atoms with E-state index in [0.717, 1.165) is 16.7 Å². The van der Waals surface area contributed by atoms with E-state index in [1.165, 1.54) is 16.1 Å². The number of nitrogens with zero attached hydrogens (tertiary/aromatic N) is 4. The summed E-state index contributed by atoms with van der Waals surface area (Å²) in [6.07, 6.45) is 3.62. The van der Waals surface area contributed by atoms with Gasteiger partial charge in [0.25, 0.3) is 11.8 Å². The summed E-state index contributed by atoms with van der Waals surface area (Å²) in [5.74, 6) is -0.652. The number of rotatable bonds is 3. The summed E-state index contributed by atoms with van der Waals surface area (Å²) in [4.78, 5) is 27.1. The summed E-state index contributed by atoms with van der Waals surface area (Å²) in [6.45, 7) is 5.62. The first-order chi connectivity index (χ1) is 14.0. The predicted molar refractivity (Wildman–Crippen MR) is 114 cm³/mol. The lowest BCUT2D eigenvalue weighted by Crippen LogP contribution is -2.58. The average molecular weight is 386 g/mol. The molecule has 0 bridgehead atoms. The van der Waals surface area contributed by atoms with E-state index in [1.54, 1.807) is 6.21 Å². The molecule has 6 nitrogen and oxygen atoms in total. The average Bonchev–Trinajstić information content (AvgIpc) is 3.01. The summed E-state index contributed by atoms with van der Waals surface area (Å²) in [7, 11) is 0. The van der Waals surface area contributed by atoms with Crippen LogP contribution in [-0.4, -0.2) is 28.7 Å². The van der Waals surface area contributed by atoms with Gasteiger partial charge in [-0.15, -0.1) is 0 Å². The lowest BCUT2D eigenvalue weighted by atomic mass is 9.79. The number of amides is 2. The Labute approximate surface area is 169 Å². The van der Waals surface area contributed by atoms with E-state index >= 15 is 0 Å². The molecule has 4 rings (SSSR count). The summed E-state index contributed by atoms with van der Waals surface area (Å²) in [5, 5.41) is 11.8. The van der Waals surface area contributed by atoms with E-state index in [0.29, 0.717) is 17.8 Å². The second kappa shape index (κ2) is 7.13.